The first-order chi connectivity index (χ1) is 11.0. The third-order valence-corrected chi connectivity index (χ3v) is 3.40. The number of halogens is 1. The highest BCUT2D eigenvalue weighted by molar-refractivity contribution is 6.31. The van der Waals surface area contributed by atoms with Crippen LogP contribution in [0.5, 0.6) is 17.2 Å². The first kappa shape index (κ1) is 17.0. The number of methoxy groups -OCH3 is 2. The highest BCUT2D eigenvalue weighted by Crippen LogP contribution is 2.29. The second kappa shape index (κ2) is 7.74. The molecule has 0 spiro atoms. The molecule has 5 nitrogen and oxygen atoms in total. The quantitative estimate of drug-likeness (QED) is 0.873. The number of para-hydroxylation sites is 2. The molecular weight excluding hydrogens is 318 g/mol. The molecular formula is C17H18ClNO4. The van der Waals surface area contributed by atoms with Gasteiger partial charge in [0.25, 0.3) is 5.91 Å². The van der Waals surface area contributed by atoms with Crippen molar-refractivity contribution in [3.8, 4) is 17.2 Å². The van der Waals surface area contributed by atoms with E-state index in [1.165, 1.54) is 7.11 Å². The predicted molar refractivity (Wildman–Crippen MR) is 89.7 cm³/mol. The van der Waals surface area contributed by atoms with Crippen molar-refractivity contribution in [3.63, 3.8) is 0 Å². The summed E-state index contributed by atoms with van der Waals surface area (Å²) in [6.45, 7) is 1.65. The molecule has 0 aliphatic rings. The lowest BCUT2D eigenvalue weighted by Crippen LogP contribution is -2.30. The zero-order valence-corrected chi connectivity index (χ0v) is 13.9. The van der Waals surface area contributed by atoms with Gasteiger partial charge in [-0.15, -0.1) is 0 Å². The van der Waals surface area contributed by atoms with Crippen LogP contribution < -0.4 is 19.5 Å². The summed E-state index contributed by atoms with van der Waals surface area (Å²) in [6, 6.07) is 12.1. The second-order valence-corrected chi connectivity index (χ2v) is 5.18. The number of hydrogen-bond acceptors (Lipinski definition) is 4. The Bertz CT molecular complexity index is 690. The molecule has 0 fully saturated rings. The van der Waals surface area contributed by atoms with E-state index in [2.05, 4.69) is 5.32 Å². The van der Waals surface area contributed by atoms with E-state index in [1.807, 2.05) is 12.1 Å². The van der Waals surface area contributed by atoms with Crippen LogP contribution in [0.2, 0.25) is 5.02 Å². The topological polar surface area (TPSA) is 56.8 Å². The number of nitrogens with one attached hydrogen (secondary N) is 1. The number of rotatable bonds is 6. The maximum atomic E-state index is 12.3. The van der Waals surface area contributed by atoms with E-state index >= 15 is 0 Å². The van der Waals surface area contributed by atoms with Crippen molar-refractivity contribution in [2.45, 2.75) is 13.0 Å². The van der Waals surface area contributed by atoms with Crippen LogP contribution >= 0.6 is 11.6 Å². The van der Waals surface area contributed by atoms with Crippen molar-refractivity contribution >= 4 is 23.2 Å². The maximum Gasteiger partial charge on any atom is 0.265 e. The van der Waals surface area contributed by atoms with E-state index in [1.54, 1.807) is 44.4 Å². The van der Waals surface area contributed by atoms with Gasteiger partial charge in [0, 0.05) is 5.02 Å². The molecule has 2 aromatic carbocycles. The van der Waals surface area contributed by atoms with Gasteiger partial charge in [-0.25, -0.2) is 0 Å². The third kappa shape index (κ3) is 4.29. The molecule has 0 unspecified atom stereocenters. The molecule has 0 radical (unpaired) electrons. The first-order valence-corrected chi connectivity index (χ1v) is 7.37. The van der Waals surface area contributed by atoms with E-state index in [4.69, 9.17) is 25.8 Å². The standard InChI is InChI=1S/C17H18ClNO4/c1-11(23-16-7-5-4-6-15(16)22-3)17(20)19-13-10-12(18)8-9-14(13)21-2/h4-11H,1-3H3,(H,19,20)/t11-/m1/s1. The summed E-state index contributed by atoms with van der Waals surface area (Å²) in [5.41, 5.74) is 0.487. The molecule has 122 valence electrons. The fourth-order valence-electron chi connectivity index (χ4n) is 1.97. The normalized spacial score (nSPS) is 11.5. The van der Waals surface area contributed by atoms with Gasteiger partial charge in [0.1, 0.15) is 5.75 Å². The van der Waals surface area contributed by atoms with Gasteiger partial charge in [-0.2, -0.15) is 0 Å². The summed E-state index contributed by atoms with van der Waals surface area (Å²) in [4.78, 5) is 12.3. The van der Waals surface area contributed by atoms with Crippen LogP contribution in [0.4, 0.5) is 5.69 Å². The number of ether oxygens (including phenoxy) is 3. The molecule has 1 amide bonds. The molecule has 0 saturated heterocycles. The lowest BCUT2D eigenvalue weighted by Gasteiger charge is -2.17. The Balaban J connectivity index is 2.10. The Morgan fingerprint density at radius 3 is 2.35 bits per heavy atom. The monoisotopic (exact) mass is 335 g/mol. The van der Waals surface area contributed by atoms with Crippen LogP contribution in [0.3, 0.4) is 0 Å². The number of carbonyl (C=O) groups excluding carboxylic acids is 1. The van der Waals surface area contributed by atoms with E-state index in [0.717, 1.165) is 0 Å². The van der Waals surface area contributed by atoms with Crippen molar-refractivity contribution in [2.24, 2.45) is 0 Å². The fraction of sp³-hybridized carbons (Fsp3) is 0.235. The summed E-state index contributed by atoms with van der Waals surface area (Å²) in [5, 5.41) is 3.25. The van der Waals surface area contributed by atoms with Gasteiger partial charge >= 0.3 is 0 Å². The Labute approximate surface area is 140 Å². The maximum absolute atomic E-state index is 12.3. The molecule has 0 aliphatic carbocycles. The van der Waals surface area contributed by atoms with E-state index in [-0.39, 0.29) is 5.91 Å². The van der Waals surface area contributed by atoms with Gasteiger partial charge in [0.2, 0.25) is 0 Å². The van der Waals surface area contributed by atoms with Gasteiger partial charge < -0.3 is 19.5 Å². The SMILES string of the molecule is COc1ccc(Cl)cc1NC(=O)[C@@H](C)Oc1ccccc1OC. The Morgan fingerprint density at radius 2 is 1.70 bits per heavy atom. The zero-order valence-electron chi connectivity index (χ0n) is 13.1. The molecule has 0 aliphatic heterocycles. The molecule has 0 heterocycles. The molecule has 0 aromatic heterocycles. The molecule has 1 N–H and O–H groups in total. The van der Waals surface area contributed by atoms with E-state index in [9.17, 15) is 4.79 Å². The molecule has 6 heteroatoms. The molecule has 0 bridgehead atoms. The number of benzene rings is 2. The van der Waals surface area contributed by atoms with Gasteiger partial charge in [-0.1, -0.05) is 23.7 Å². The van der Waals surface area contributed by atoms with Crippen LogP contribution in [-0.2, 0) is 4.79 Å². The number of carbonyl (C=O) groups is 1. The first-order valence-electron chi connectivity index (χ1n) is 6.99. The van der Waals surface area contributed by atoms with Crippen LogP contribution in [0.25, 0.3) is 0 Å². The molecule has 2 rings (SSSR count). The lowest BCUT2D eigenvalue weighted by atomic mass is 10.2. The van der Waals surface area contributed by atoms with Crippen molar-refractivity contribution < 1.29 is 19.0 Å². The minimum absolute atomic E-state index is 0.323. The lowest BCUT2D eigenvalue weighted by molar-refractivity contribution is -0.122. The highest BCUT2D eigenvalue weighted by Gasteiger charge is 2.18. The summed E-state index contributed by atoms with van der Waals surface area (Å²) in [5.74, 6) is 1.26. The second-order valence-electron chi connectivity index (χ2n) is 4.74. The van der Waals surface area contributed by atoms with Crippen LogP contribution in [0, 0.1) is 0 Å². The van der Waals surface area contributed by atoms with E-state index < -0.39 is 6.10 Å². The minimum atomic E-state index is -0.727. The van der Waals surface area contributed by atoms with Crippen molar-refractivity contribution in [3.05, 3.63) is 47.5 Å². The molecule has 0 saturated carbocycles. The summed E-state index contributed by atoms with van der Waals surface area (Å²) < 4.78 is 16.1. The van der Waals surface area contributed by atoms with Gasteiger partial charge in [0.15, 0.2) is 17.6 Å². The van der Waals surface area contributed by atoms with Crippen molar-refractivity contribution in [1.82, 2.24) is 0 Å². The highest BCUT2D eigenvalue weighted by atomic mass is 35.5. The Kier molecular flexibility index (Phi) is 5.71. The average molecular weight is 336 g/mol. The number of hydrogen-bond donors (Lipinski definition) is 1. The van der Waals surface area contributed by atoms with Gasteiger partial charge in [0.05, 0.1) is 19.9 Å². The smallest absolute Gasteiger partial charge is 0.265 e. The molecule has 2 aromatic rings. The molecule has 1 atom stereocenters. The third-order valence-electron chi connectivity index (χ3n) is 3.16. The van der Waals surface area contributed by atoms with Crippen molar-refractivity contribution in [2.75, 3.05) is 19.5 Å². The average Bonchev–Trinajstić information content (AvgIpc) is 2.55. The fourth-order valence-corrected chi connectivity index (χ4v) is 2.14. The van der Waals surface area contributed by atoms with Crippen LogP contribution in [0.1, 0.15) is 6.92 Å². The van der Waals surface area contributed by atoms with E-state index in [0.29, 0.717) is 28.0 Å². The number of anilines is 1. The van der Waals surface area contributed by atoms with Crippen molar-refractivity contribution in [1.29, 1.82) is 0 Å². The van der Waals surface area contributed by atoms with Gasteiger partial charge in [-0.05, 0) is 37.3 Å². The summed E-state index contributed by atoms with van der Waals surface area (Å²) in [7, 11) is 3.07. The Morgan fingerprint density at radius 1 is 1.04 bits per heavy atom. The van der Waals surface area contributed by atoms with Crippen LogP contribution in [0.15, 0.2) is 42.5 Å². The zero-order chi connectivity index (χ0) is 16.8. The summed E-state index contributed by atoms with van der Waals surface area (Å²) >= 11 is 5.95. The Hall–Kier alpha value is -2.40. The predicted octanol–water partition coefficient (Wildman–Crippen LogP) is 3.76. The van der Waals surface area contributed by atoms with Gasteiger partial charge in [-0.3, -0.25) is 4.79 Å². The summed E-state index contributed by atoms with van der Waals surface area (Å²) in [6.07, 6.45) is -0.727. The molecule has 23 heavy (non-hydrogen) atoms. The largest absolute Gasteiger partial charge is 0.495 e. The van der Waals surface area contributed by atoms with Crippen LogP contribution in [-0.4, -0.2) is 26.2 Å². The minimum Gasteiger partial charge on any atom is -0.495 e. The number of amides is 1.